The van der Waals surface area contributed by atoms with Crippen molar-refractivity contribution in [3.8, 4) is 11.5 Å². The third-order valence-electron chi connectivity index (χ3n) is 7.71. The molecule has 0 saturated heterocycles. The fourth-order valence-corrected chi connectivity index (χ4v) is 5.91. The molecule has 0 N–H and O–H groups in total. The number of hydrogen-bond donors (Lipinski definition) is 0. The van der Waals surface area contributed by atoms with Gasteiger partial charge in [-0.2, -0.15) is 5.10 Å². The van der Waals surface area contributed by atoms with Crippen molar-refractivity contribution in [3.05, 3.63) is 65.2 Å². The Kier molecular flexibility index (Phi) is 7.18. The Balaban J connectivity index is 1.43. The Hall–Kier alpha value is -3.03. The number of fused-ring (bicyclic) bond motifs is 1. The smallest absolute Gasteiger partial charge is 0.315 e. The maximum atomic E-state index is 13.5. The van der Waals surface area contributed by atoms with Crippen LogP contribution in [0.4, 0.5) is 0 Å². The minimum absolute atomic E-state index is 0.0144. The molecule has 1 heterocycles. The number of nitrogens with zero attached hydrogens (tertiary/aromatic N) is 2. The molecular weight excluding hydrogens is 527 g/mol. The van der Waals surface area contributed by atoms with E-state index in [1.807, 2.05) is 48.5 Å². The molecule has 1 aliphatic heterocycles. The minimum atomic E-state index is -1.16. The van der Waals surface area contributed by atoms with E-state index in [4.69, 9.17) is 42.5 Å². The van der Waals surface area contributed by atoms with E-state index in [-0.39, 0.29) is 18.4 Å². The number of allylic oxidation sites excluding steroid dienone is 1. The Morgan fingerprint density at radius 3 is 2.24 bits per heavy atom. The first kappa shape index (κ1) is 26.6. The number of hydrazone groups is 1. The van der Waals surface area contributed by atoms with Crippen LogP contribution >= 0.6 is 23.2 Å². The third-order valence-corrected chi connectivity index (χ3v) is 8.81. The van der Waals surface area contributed by atoms with Crippen LogP contribution in [0.15, 0.2) is 59.2 Å². The minimum Gasteiger partial charge on any atom is -0.497 e. The van der Waals surface area contributed by atoms with Crippen molar-refractivity contribution in [2.45, 2.75) is 43.0 Å². The summed E-state index contributed by atoms with van der Waals surface area (Å²) in [5, 5.41) is 6.32. The predicted molar refractivity (Wildman–Crippen MR) is 146 cm³/mol. The summed E-state index contributed by atoms with van der Waals surface area (Å²) in [4.78, 5) is 26.1. The zero-order valence-electron chi connectivity index (χ0n) is 21.6. The fourth-order valence-electron chi connectivity index (χ4n) is 5.22. The summed E-state index contributed by atoms with van der Waals surface area (Å²) < 4.78 is 14.8. The van der Waals surface area contributed by atoms with Crippen LogP contribution in [0.5, 0.6) is 11.5 Å². The van der Waals surface area contributed by atoms with Gasteiger partial charge in [-0.25, -0.2) is 5.01 Å². The highest BCUT2D eigenvalue weighted by atomic mass is 35.5. The number of carbonyl (C=O) groups excluding carboxylic acids is 2. The lowest BCUT2D eigenvalue weighted by Crippen LogP contribution is -2.35. The molecule has 3 aliphatic rings. The number of ether oxygens (including phenoxy) is 3. The second kappa shape index (κ2) is 10.3. The zero-order chi connectivity index (χ0) is 27.1. The van der Waals surface area contributed by atoms with E-state index in [1.54, 1.807) is 21.1 Å². The van der Waals surface area contributed by atoms with E-state index in [2.05, 4.69) is 6.08 Å². The molecule has 0 bridgehead atoms. The number of carbonyl (C=O) groups is 2. The lowest BCUT2D eigenvalue weighted by Gasteiger charge is -2.29. The molecule has 0 aromatic heterocycles. The molecule has 200 valence electrons. The summed E-state index contributed by atoms with van der Waals surface area (Å²) in [5.74, 6) is 0.552. The van der Waals surface area contributed by atoms with Crippen LogP contribution in [0.2, 0.25) is 0 Å². The highest BCUT2D eigenvalue weighted by Crippen LogP contribution is 2.64. The van der Waals surface area contributed by atoms with Crippen molar-refractivity contribution in [2.24, 2.45) is 16.4 Å². The lowest BCUT2D eigenvalue weighted by molar-refractivity contribution is -0.157. The largest absolute Gasteiger partial charge is 0.497 e. The third kappa shape index (κ3) is 4.90. The standard InChI is InChI=1S/C29H30Cl2N2O5/c1-28(17-29(28,30)31)27(35)38-16-24(34)33-26(19-9-13-22(37-3)14-10-19)23-6-4-5-20(25(23)32-33)15-18-7-11-21(36-2)12-8-18/h7-15,23,26H,4-6,16-17H2,1-3H3/b20-15-/t23-,26-,28-/m1/s1. The van der Waals surface area contributed by atoms with Crippen LogP contribution in [0.1, 0.15) is 49.8 Å². The molecule has 2 aliphatic carbocycles. The summed E-state index contributed by atoms with van der Waals surface area (Å²) in [5.41, 5.74) is 2.95. The van der Waals surface area contributed by atoms with E-state index < -0.39 is 28.2 Å². The van der Waals surface area contributed by atoms with Crippen molar-refractivity contribution in [1.29, 1.82) is 0 Å². The van der Waals surface area contributed by atoms with Crippen LogP contribution in [-0.2, 0) is 14.3 Å². The topological polar surface area (TPSA) is 77.4 Å². The maximum Gasteiger partial charge on any atom is 0.315 e. The predicted octanol–water partition coefficient (Wildman–Crippen LogP) is 5.95. The SMILES string of the molecule is COc1ccc(/C=C2/CCC[C@@H]3C2=NN(C(=O)COC(=O)[C@@]2(C)CC2(Cl)Cl)[C@@H]3c2ccc(OC)cc2)cc1. The maximum absolute atomic E-state index is 13.5. The van der Waals surface area contributed by atoms with Crippen molar-refractivity contribution in [3.63, 3.8) is 0 Å². The molecule has 9 heteroatoms. The number of halogens is 2. The molecule has 1 amide bonds. The lowest BCUT2D eigenvalue weighted by atomic mass is 9.77. The molecule has 38 heavy (non-hydrogen) atoms. The quantitative estimate of drug-likeness (QED) is 0.311. The van der Waals surface area contributed by atoms with Gasteiger partial charge in [0.2, 0.25) is 0 Å². The molecule has 0 unspecified atom stereocenters. The molecule has 2 saturated carbocycles. The molecular formula is C29H30Cl2N2O5. The molecule has 5 rings (SSSR count). The van der Waals surface area contributed by atoms with Gasteiger partial charge >= 0.3 is 5.97 Å². The van der Waals surface area contributed by atoms with Crippen LogP contribution in [-0.4, -0.2) is 47.8 Å². The van der Waals surface area contributed by atoms with Gasteiger partial charge < -0.3 is 14.2 Å². The van der Waals surface area contributed by atoms with E-state index in [9.17, 15) is 9.59 Å². The molecule has 2 aromatic carbocycles. The van der Waals surface area contributed by atoms with E-state index in [0.29, 0.717) is 0 Å². The first-order chi connectivity index (χ1) is 18.2. The monoisotopic (exact) mass is 556 g/mol. The number of esters is 1. The number of hydrogen-bond acceptors (Lipinski definition) is 6. The van der Waals surface area contributed by atoms with Gasteiger partial charge in [0, 0.05) is 12.3 Å². The van der Waals surface area contributed by atoms with Crippen molar-refractivity contribution in [1.82, 2.24) is 5.01 Å². The van der Waals surface area contributed by atoms with Gasteiger partial charge in [0.25, 0.3) is 5.91 Å². The normalized spacial score (nSPS) is 26.4. The first-order valence-corrected chi connectivity index (χ1v) is 13.4. The highest BCUT2D eigenvalue weighted by Gasteiger charge is 2.69. The van der Waals surface area contributed by atoms with Crippen LogP contribution in [0, 0.1) is 11.3 Å². The van der Waals surface area contributed by atoms with E-state index in [1.165, 1.54) is 5.01 Å². The van der Waals surface area contributed by atoms with Gasteiger partial charge in [-0.3, -0.25) is 9.59 Å². The second-order valence-electron chi connectivity index (χ2n) is 10.2. The highest BCUT2D eigenvalue weighted by molar-refractivity contribution is 6.53. The fraction of sp³-hybridized carbons (Fsp3) is 0.414. The number of rotatable bonds is 7. The van der Waals surface area contributed by atoms with Gasteiger partial charge in [-0.05, 0) is 73.2 Å². The Morgan fingerprint density at radius 2 is 1.66 bits per heavy atom. The average molecular weight is 557 g/mol. The number of alkyl halides is 2. The molecule has 7 nitrogen and oxygen atoms in total. The molecule has 0 radical (unpaired) electrons. The summed E-state index contributed by atoms with van der Waals surface area (Å²) in [7, 11) is 3.26. The zero-order valence-corrected chi connectivity index (χ0v) is 23.1. The van der Waals surface area contributed by atoms with Crippen LogP contribution < -0.4 is 9.47 Å². The first-order valence-electron chi connectivity index (χ1n) is 12.6. The molecule has 0 spiro atoms. The van der Waals surface area contributed by atoms with E-state index >= 15 is 0 Å². The number of benzene rings is 2. The van der Waals surface area contributed by atoms with Gasteiger partial charge in [-0.1, -0.05) is 24.3 Å². The molecule has 3 atom stereocenters. The Labute approximate surface area is 232 Å². The van der Waals surface area contributed by atoms with E-state index in [0.717, 1.165) is 53.2 Å². The Morgan fingerprint density at radius 1 is 1.05 bits per heavy atom. The van der Waals surface area contributed by atoms with Crippen molar-refractivity contribution >= 4 is 46.9 Å². The average Bonchev–Trinajstić information content (AvgIpc) is 3.25. The number of amides is 1. The van der Waals surface area contributed by atoms with Gasteiger partial charge in [-0.15, -0.1) is 23.2 Å². The van der Waals surface area contributed by atoms with Crippen molar-refractivity contribution < 1.29 is 23.8 Å². The summed E-state index contributed by atoms with van der Waals surface area (Å²) >= 11 is 12.2. The van der Waals surface area contributed by atoms with Crippen molar-refractivity contribution in [2.75, 3.05) is 20.8 Å². The summed E-state index contributed by atoms with van der Waals surface area (Å²) in [6.45, 7) is 1.20. The summed E-state index contributed by atoms with van der Waals surface area (Å²) in [6.07, 6.45) is 5.13. The van der Waals surface area contributed by atoms with Gasteiger partial charge in [0.05, 0.1) is 26.0 Å². The second-order valence-corrected chi connectivity index (χ2v) is 11.7. The van der Waals surface area contributed by atoms with Gasteiger partial charge in [0.1, 0.15) is 21.2 Å². The number of methoxy groups -OCH3 is 2. The molecule has 2 aromatic rings. The van der Waals surface area contributed by atoms with Gasteiger partial charge in [0.15, 0.2) is 6.61 Å². The van der Waals surface area contributed by atoms with Crippen LogP contribution in [0.25, 0.3) is 6.08 Å². The Bertz CT molecular complexity index is 1290. The van der Waals surface area contributed by atoms with Crippen LogP contribution in [0.3, 0.4) is 0 Å². The summed E-state index contributed by atoms with van der Waals surface area (Å²) in [6, 6.07) is 15.2. The molecule has 2 fully saturated rings.